The fourth-order valence-corrected chi connectivity index (χ4v) is 3.23. The molecule has 0 atom stereocenters. The van der Waals surface area contributed by atoms with Crippen LogP contribution in [-0.4, -0.2) is 55.1 Å². The number of aromatic nitrogens is 1. The van der Waals surface area contributed by atoms with Crippen molar-refractivity contribution in [2.75, 3.05) is 33.2 Å². The van der Waals surface area contributed by atoms with Gasteiger partial charge in [-0.05, 0) is 37.4 Å². The maximum Gasteiger partial charge on any atom is 0.191 e. The van der Waals surface area contributed by atoms with E-state index >= 15 is 0 Å². The summed E-state index contributed by atoms with van der Waals surface area (Å²) in [5.41, 5.74) is 2.55. The van der Waals surface area contributed by atoms with Crippen molar-refractivity contribution in [3.05, 3.63) is 36.0 Å². The lowest BCUT2D eigenvalue weighted by Crippen LogP contribution is -2.42. The Labute approximate surface area is 167 Å². The highest BCUT2D eigenvalue weighted by Crippen LogP contribution is 2.25. The molecular weight excluding hydrogens is 425 g/mol. The number of H-pyrrole nitrogens is 1. The number of hydrogen-bond acceptors (Lipinski definition) is 2. The van der Waals surface area contributed by atoms with Gasteiger partial charge in [-0.25, -0.2) is 0 Å². The first-order chi connectivity index (χ1) is 11.8. The molecule has 0 radical (unpaired) electrons. The molecule has 2 aromatic rings. The van der Waals surface area contributed by atoms with Crippen LogP contribution in [0.1, 0.15) is 25.3 Å². The fourth-order valence-electron chi connectivity index (χ4n) is 3.23. The van der Waals surface area contributed by atoms with Gasteiger partial charge in [-0.1, -0.05) is 25.1 Å². The maximum absolute atomic E-state index is 4.32. The van der Waals surface area contributed by atoms with E-state index < -0.39 is 0 Å². The largest absolute Gasteiger partial charge is 0.361 e. The predicted octanol–water partition coefficient (Wildman–Crippen LogP) is 2.98. The Morgan fingerprint density at radius 3 is 2.72 bits per heavy atom. The number of aromatic amines is 1. The Bertz CT molecular complexity index is 677. The Hall–Kier alpha value is -1.28. The summed E-state index contributed by atoms with van der Waals surface area (Å²) >= 11 is 0. The van der Waals surface area contributed by atoms with E-state index in [1.54, 1.807) is 0 Å². The van der Waals surface area contributed by atoms with Crippen molar-refractivity contribution in [2.24, 2.45) is 4.99 Å². The number of aliphatic imine (C=N–C) groups is 1. The van der Waals surface area contributed by atoms with Crippen LogP contribution in [-0.2, 0) is 6.42 Å². The maximum atomic E-state index is 4.32. The summed E-state index contributed by atoms with van der Waals surface area (Å²) in [6.07, 6.45) is 5.82. The standard InChI is InChI=1S/C19H29N5.HI/c1-3-24(16-8-9-16)13-12-22-19(20-2)21-11-10-15-14-23-18-7-5-4-6-17(15)18;/h4-7,14,16,23H,3,8-13H2,1-2H3,(H2,20,21,22);1H. The summed E-state index contributed by atoms with van der Waals surface area (Å²) in [7, 11) is 1.83. The zero-order valence-corrected chi connectivity index (χ0v) is 17.5. The van der Waals surface area contributed by atoms with Crippen LogP contribution < -0.4 is 10.6 Å². The van der Waals surface area contributed by atoms with Crippen LogP contribution in [0.3, 0.4) is 0 Å². The number of benzene rings is 1. The molecular formula is C19H30IN5. The van der Waals surface area contributed by atoms with Crippen molar-refractivity contribution in [1.29, 1.82) is 0 Å². The predicted molar refractivity (Wildman–Crippen MR) is 117 cm³/mol. The fraction of sp³-hybridized carbons (Fsp3) is 0.526. The second-order valence-electron chi connectivity index (χ2n) is 6.40. The highest BCUT2D eigenvalue weighted by atomic mass is 127. The van der Waals surface area contributed by atoms with Gasteiger partial charge in [-0.15, -0.1) is 24.0 Å². The molecule has 138 valence electrons. The van der Waals surface area contributed by atoms with E-state index in [9.17, 15) is 0 Å². The summed E-state index contributed by atoms with van der Waals surface area (Å²) in [4.78, 5) is 10.2. The van der Waals surface area contributed by atoms with E-state index in [1.807, 2.05) is 7.05 Å². The van der Waals surface area contributed by atoms with Gasteiger partial charge in [0.15, 0.2) is 5.96 Å². The highest BCUT2D eigenvalue weighted by Gasteiger charge is 2.27. The van der Waals surface area contributed by atoms with Crippen molar-refractivity contribution in [2.45, 2.75) is 32.2 Å². The molecule has 3 N–H and O–H groups in total. The van der Waals surface area contributed by atoms with Gasteiger partial charge in [-0.2, -0.15) is 0 Å². The molecule has 3 rings (SSSR count). The molecule has 0 spiro atoms. The van der Waals surface area contributed by atoms with E-state index in [0.717, 1.165) is 44.6 Å². The zero-order chi connectivity index (χ0) is 16.8. The van der Waals surface area contributed by atoms with Crippen molar-refractivity contribution in [3.63, 3.8) is 0 Å². The quantitative estimate of drug-likeness (QED) is 0.326. The van der Waals surface area contributed by atoms with Crippen LogP contribution in [0.2, 0.25) is 0 Å². The molecule has 1 fully saturated rings. The minimum Gasteiger partial charge on any atom is -0.361 e. The van der Waals surface area contributed by atoms with Crippen molar-refractivity contribution in [1.82, 2.24) is 20.5 Å². The average Bonchev–Trinajstić information content (AvgIpc) is 3.38. The molecule has 1 heterocycles. The number of fused-ring (bicyclic) bond motifs is 1. The minimum absolute atomic E-state index is 0. The molecule has 0 unspecified atom stereocenters. The van der Waals surface area contributed by atoms with Gasteiger partial charge >= 0.3 is 0 Å². The topological polar surface area (TPSA) is 55.4 Å². The lowest BCUT2D eigenvalue weighted by Gasteiger charge is -2.20. The van der Waals surface area contributed by atoms with E-state index in [0.29, 0.717) is 0 Å². The van der Waals surface area contributed by atoms with Gasteiger partial charge in [0.25, 0.3) is 0 Å². The first-order valence-corrected chi connectivity index (χ1v) is 9.05. The third-order valence-electron chi connectivity index (χ3n) is 4.75. The van der Waals surface area contributed by atoms with E-state index in [1.165, 1.54) is 29.3 Å². The van der Waals surface area contributed by atoms with Crippen LogP contribution in [0.5, 0.6) is 0 Å². The van der Waals surface area contributed by atoms with E-state index in [4.69, 9.17) is 0 Å². The van der Waals surface area contributed by atoms with Gasteiger partial charge in [0.05, 0.1) is 0 Å². The van der Waals surface area contributed by atoms with E-state index in [-0.39, 0.29) is 24.0 Å². The average molecular weight is 455 g/mol. The van der Waals surface area contributed by atoms with Gasteiger partial charge in [-0.3, -0.25) is 9.89 Å². The van der Waals surface area contributed by atoms with Crippen LogP contribution in [0, 0.1) is 0 Å². The molecule has 1 aromatic carbocycles. The molecule has 6 heteroatoms. The van der Waals surface area contributed by atoms with Crippen molar-refractivity contribution in [3.8, 4) is 0 Å². The molecule has 1 aliphatic rings. The number of nitrogens with zero attached hydrogens (tertiary/aromatic N) is 2. The summed E-state index contributed by atoms with van der Waals surface area (Å²) < 4.78 is 0. The Morgan fingerprint density at radius 2 is 2.00 bits per heavy atom. The first kappa shape index (κ1) is 20.0. The van der Waals surface area contributed by atoms with Gasteiger partial charge in [0.2, 0.25) is 0 Å². The lowest BCUT2D eigenvalue weighted by molar-refractivity contribution is 0.282. The van der Waals surface area contributed by atoms with Crippen molar-refractivity contribution >= 4 is 40.8 Å². The second kappa shape index (κ2) is 10.0. The third kappa shape index (κ3) is 5.60. The van der Waals surface area contributed by atoms with Crippen LogP contribution in [0.25, 0.3) is 10.9 Å². The Morgan fingerprint density at radius 1 is 1.24 bits per heavy atom. The van der Waals surface area contributed by atoms with Gasteiger partial charge in [0, 0.05) is 49.8 Å². The van der Waals surface area contributed by atoms with Crippen molar-refractivity contribution < 1.29 is 0 Å². The molecule has 0 saturated heterocycles. The third-order valence-corrected chi connectivity index (χ3v) is 4.75. The summed E-state index contributed by atoms with van der Waals surface area (Å²) in [6, 6.07) is 9.27. The van der Waals surface area contributed by atoms with Crippen LogP contribution >= 0.6 is 24.0 Å². The summed E-state index contributed by atoms with van der Waals surface area (Å²) in [5, 5.41) is 8.15. The monoisotopic (exact) mass is 455 g/mol. The summed E-state index contributed by atoms with van der Waals surface area (Å²) in [6.45, 7) is 6.29. The number of likely N-dealkylation sites (N-methyl/N-ethyl adjacent to an activating group) is 1. The smallest absolute Gasteiger partial charge is 0.191 e. The molecule has 1 saturated carbocycles. The molecule has 0 aliphatic heterocycles. The molecule has 1 aliphatic carbocycles. The number of para-hydroxylation sites is 1. The summed E-state index contributed by atoms with van der Waals surface area (Å²) in [5.74, 6) is 0.890. The Kier molecular flexibility index (Phi) is 8.02. The van der Waals surface area contributed by atoms with Gasteiger partial charge < -0.3 is 15.6 Å². The lowest BCUT2D eigenvalue weighted by atomic mass is 10.1. The first-order valence-electron chi connectivity index (χ1n) is 9.05. The highest BCUT2D eigenvalue weighted by molar-refractivity contribution is 14.0. The molecule has 5 nitrogen and oxygen atoms in total. The van der Waals surface area contributed by atoms with Gasteiger partial charge in [0.1, 0.15) is 0 Å². The molecule has 25 heavy (non-hydrogen) atoms. The van der Waals surface area contributed by atoms with Crippen LogP contribution in [0.15, 0.2) is 35.5 Å². The zero-order valence-electron chi connectivity index (χ0n) is 15.2. The SMILES string of the molecule is CCN(CCNC(=NC)NCCc1c[nH]c2ccccc12)C1CC1.I. The number of nitrogens with one attached hydrogen (secondary N) is 3. The van der Waals surface area contributed by atoms with Crippen LogP contribution in [0.4, 0.5) is 0 Å². The number of rotatable bonds is 8. The Balaban J connectivity index is 0.00000225. The number of halogens is 1. The normalized spacial score (nSPS) is 14.6. The molecule has 0 bridgehead atoms. The number of hydrogen-bond donors (Lipinski definition) is 3. The molecule has 0 amide bonds. The molecule has 1 aromatic heterocycles. The van der Waals surface area contributed by atoms with E-state index in [2.05, 4.69) is 62.9 Å². The number of guanidine groups is 1. The minimum atomic E-state index is 0. The second-order valence-corrected chi connectivity index (χ2v) is 6.40.